The maximum absolute atomic E-state index is 12.3. The Balaban J connectivity index is 2.68. The van der Waals surface area contributed by atoms with Crippen LogP contribution in [0.4, 0.5) is 0 Å². The molecule has 0 aromatic heterocycles. The standard InChI is InChI=1S/C15H24N2O4S/c1-11(15(18)17-9-12(2)16-3)10-22(19,20)14-7-5-13(21-4)6-8-14/h5-8,11-12,16H,9-10H2,1-4H3,(H,17,18). The fourth-order valence-corrected chi connectivity index (χ4v) is 3.37. The first-order valence-electron chi connectivity index (χ1n) is 7.12. The molecule has 22 heavy (non-hydrogen) atoms. The van der Waals surface area contributed by atoms with Gasteiger partial charge in [-0.15, -0.1) is 0 Å². The molecule has 7 heteroatoms. The second-order valence-corrected chi connectivity index (χ2v) is 7.33. The average Bonchev–Trinajstić information content (AvgIpc) is 2.51. The summed E-state index contributed by atoms with van der Waals surface area (Å²) in [7, 11) is -0.190. The second-order valence-electron chi connectivity index (χ2n) is 5.29. The Kier molecular flexibility index (Phi) is 6.83. The van der Waals surface area contributed by atoms with Gasteiger partial charge in [-0.2, -0.15) is 0 Å². The van der Waals surface area contributed by atoms with Gasteiger partial charge in [-0.3, -0.25) is 4.79 Å². The fourth-order valence-electron chi connectivity index (χ4n) is 1.81. The van der Waals surface area contributed by atoms with Crippen LogP contribution in [0.2, 0.25) is 0 Å². The molecule has 0 radical (unpaired) electrons. The van der Waals surface area contributed by atoms with Crippen molar-refractivity contribution in [3.63, 3.8) is 0 Å². The van der Waals surface area contributed by atoms with E-state index in [0.29, 0.717) is 12.3 Å². The van der Waals surface area contributed by atoms with E-state index in [2.05, 4.69) is 10.6 Å². The highest BCUT2D eigenvalue weighted by Crippen LogP contribution is 2.18. The van der Waals surface area contributed by atoms with E-state index in [4.69, 9.17) is 4.74 Å². The van der Waals surface area contributed by atoms with Crippen molar-refractivity contribution < 1.29 is 17.9 Å². The minimum absolute atomic E-state index is 0.134. The van der Waals surface area contributed by atoms with Gasteiger partial charge in [-0.1, -0.05) is 6.92 Å². The highest BCUT2D eigenvalue weighted by molar-refractivity contribution is 7.91. The highest BCUT2D eigenvalue weighted by Gasteiger charge is 2.23. The molecule has 1 rings (SSSR count). The van der Waals surface area contributed by atoms with Gasteiger partial charge in [-0.05, 0) is 38.2 Å². The summed E-state index contributed by atoms with van der Waals surface area (Å²) in [6, 6.07) is 6.29. The van der Waals surface area contributed by atoms with Crippen molar-refractivity contribution >= 4 is 15.7 Å². The molecule has 0 aliphatic heterocycles. The smallest absolute Gasteiger partial charge is 0.223 e. The second kappa shape index (κ2) is 8.14. The summed E-state index contributed by atoms with van der Waals surface area (Å²) in [5, 5.41) is 5.74. The summed E-state index contributed by atoms with van der Waals surface area (Å²) in [6.45, 7) is 4.00. The van der Waals surface area contributed by atoms with E-state index in [-0.39, 0.29) is 22.6 Å². The molecule has 0 bridgehead atoms. The normalized spacial score (nSPS) is 14.2. The van der Waals surface area contributed by atoms with Crippen LogP contribution in [-0.2, 0) is 14.6 Å². The van der Waals surface area contributed by atoms with Crippen LogP contribution in [0.1, 0.15) is 13.8 Å². The van der Waals surface area contributed by atoms with Gasteiger partial charge in [0.1, 0.15) is 5.75 Å². The molecule has 0 heterocycles. The van der Waals surface area contributed by atoms with Gasteiger partial charge in [0, 0.05) is 18.5 Å². The summed E-state index contributed by atoms with van der Waals surface area (Å²) in [5.41, 5.74) is 0. The number of amides is 1. The van der Waals surface area contributed by atoms with Crippen molar-refractivity contribution in [2.75, 3.05) is 26.5 Å². The van der Waals surface area contributed by atoms with E-state index in [1.807, 2.05) is 6.92 Å². The number of hydrogen-bond donors (Lipinski definition) is 2. The number of nitrogens with one attached hydrogen (secondary N) is 2. The van der Waals surface area contributed by atoms with Gasteiger partial charge in [0.05, 0.1) is 17.8 Å². The van der Waals surface area contributed by atoms with Gasteiger partial charge in [0.25, 0.3) is 0 Å². The number of hydrogen-bond acceptors (Lipinski definition) is 5. The minimum atomic E-state index is -3.51. The molecule has 1 aromatic rings. The lowest BCUT2D eigenvalue weighted by Gasteiger charge is -2.15. The largest absolute Gasteiger partial charge is 0.497 e. The summed E-state index contributed by atoms with van der Waals surface area (Å²) in [6.07, 6.45) is 0. The van der Waals surface area contributed by atoms with E-state index < -0.39 is 15.8 Å². The van der Waals surface area contributed by atoms with E-state index in [1.54, 1.807) is 26.1 Å². The highest BCUT2D eigenvalue weighted by atomic mass is 32.2. The van der Waals surface area contributed by atoms with Crippen LogP contribution in [-0.4, -0.2) is 46.8 Å². The van der Waals surface area contributed by atoms with E-state index >= 15 is 0 Å². The number of methoxy groups -OCH3 is 1. The maximum Gasteiger partial charge on any atom is 0.223 e. The zero-order chi connectivity index (χ0) is 16.8. The third-order valence-corrected chi connectivity index (χ3v) is 5.34. The number of likely N-dealkylation sites (N-methyl/N-ethyl adjacent to an activating group) is 1. The van der Waals surface area contributed by atoms with Gasteiger partial charge >= 0.3 is 0 Å². The number of benzene rings is 1. The summed E-state index contributed by atoms with van der Waals surface area (Å²) < 4.78 is 29.6. The molecule has 2 N–H and O–H groups in total. The molecule has 0 spiro atoms. The molecular formula is C15H24N2O4S. The summed E-state index contributed by atoms with van der Waals surface area (Å²) >= 11 is 0. The molecule has 6 nitrogen and oxygen atoms in total. The number of carbonyl (C=O) groups is 1. The van der Waals surface area contributed by atoms with Crippen LogP contribution in [0.15, 0.2) is 29.2 Å². The molecule has 0 fully saturated rings. The molecule has 2 atom stereocenters. The minimum Gasteiger partial charge on any atom is -0.497 e. The molecule has 0 saturated heterocycles. The van der Waals surface area contributed by atoms with Crippen molar-refractivity contribution in [3.8, 4) is 5.75 Å². The van der Waals surface area contributed by atoms with Crippen LogP contribution in [0.5, 0.6) is 5.75 Å². The SMILES string of the molecule is CNC(C)CNC(=O)C(C)CS(=O)(=O)c1ccc(OC)cc1. The van der Waals surface area contributed by atoms with E-state index in [1.165, 1.54) is 19.2 Å². The first kappa shape index (κ1) is 18.4. The fraction of sp³-hybridized carbons (Fsp3) is 0.533. The van der Waals surface area contributed by atoms with Gasteiger partial charge < -0.3 is 15.4 Å². The Morgan fingerprint density at radius 3 is 2.32 bits per heavy atom. The molecule has 0 saturated carbocycles. The maximum atomic E-state index is 12.3. The summed E-state index contributed by atoms with van der Waals surface area (Å²) in [4.78, 5) is 12.1. The van der Waals surface area contributed by atoms with Crippen molar-refractivity contribution in [2.45, 2.75) is 24.8 Å². The average molecular weight is 328 g/mol. The lowest BCUT2D eigenvalue weighted by molar-refractivity contribution is -0.123. The van der Waals surface area contributed by atoms with Crippen LogP contribution in [0.25, 0.3) is 0 Å². The molecule has 124 valence electrons. The third-order valence-electron chi connectivity index (χ3n) is 3.41. The number of sulfone groups is 1. The lowest BCUT2D eigenvalue weighted by atomic mass is 10.2. The molecule has 1 amide bonds. The Morgan fingerprint density at radius 2 is 1.82 bits per heavy atom. The predicted octanol–water partition coefficient (Wildman–Crippen LogP) is 0.829. The summed E-state index contributed by atoms with van der Waals surface area (Å²) in [5.74, 6) is -0.514. The van der Waals surface area contributed by atoms with Crippen molar-refractivity contribution in [2.24, 2.45) is 5.92 Å². The van der Waals surface area contributed by atoms with Gasteiger partial charge in [-0.25, -0.2) is 8.42 Å². The van der Waals surface area contributed by atoms with Gasteiger partial charge in [0.2, 0.25) is 5.91 Å². The van der Waals surface area contributed by atoms with Crippen LogP contribution in [0, 0.1) is 5.92 Å². The topological polar surface area (TPSA) is 84.5 Å². The number of rotatable bonds is 8. The molecule has 2 unspecified atom stereocenters. The van der Waals surface area contributed by atoms with Gasteiger partial charge in [0.15, 0.2) is 9.84 Å². The lowest BCUT2D eigenvalue weighted by Crippen LogP contribution is -2.40. The zero-order valence-corrected chi connectivity index (χ0v) is 14.2. The third kappa shape index (κ3) is 5.31. The Hall–Kier alpha value is -1.60. The van der Waals surface area contributed by atoms with E-state index in [0.717, 1.165) is 0 Å². The predicted molar refractivity (Wildman–Crippen MR) is 85.7 cm³/mol. The molecule has 1 aromatic carbocycles. The Morgan fingerprint density at radius 1 is 1.23 bits per heavy atom. The number of ether oxygens (including phenoxy) is 1. The monoisotopic (exact) mass is 328 g/mol. The molecule has 0 aliphatic rings. The Labute approximate surface area is 132 Å². The van der Waals surface area contributed by atoms with Crippen LogP contribution in [0.3, 0.4) is 0 Å². The first-order valence-corrected chi connectivity index (χ1v) is 8.77. The quantitative estimate of drug-likeness (QED) is 0.738. The number of carbonyl (C=O) groups excluding carboxylic acids is 1. The molecular weight excluding hydrogens is 304 g/mol. The molecule has 0 aliphatic carbocycles. The van der Waals surface area contributed by atoms with Crippen LogP contribution >= 0.6 is 0 Å². The first-order chi connectivity index (χ1) is 10.3. The Bertz CT molecular complexity index is 584. The van der Waals surface area contributed by atoms with Crippen molar-refractivity contribution in [3.05, 3.63) is 24.3 Å². The van der Waals surface area contributed by atoms with Crippen LogP contribution < -0.4 is 15.4 Å². The van der Waals surface area contributed by atoms with E-state index in [9.17, 15) is 13.2 Å². The van der Waals surface area contributed by atoms with Crippen molar-refractivity contribution in [1.82, 2.24) is 10.6 Å². The zero-order valence-electron chi connectivity index (χ0n) is 13.4. The van der Waals surface area contributed by atoms with Crippen molar-refractivity contribution in [1.29, 1.82) is 0 Å².